The SMILES string of the molecule is Nc1ncc(SCCSc2ccccc2F)s1. The van der Waals surface area contributed by atoms with Gasteiger partial charge in [0.25, 0.3) is 0 Å². The van der Waals surface area contributed by atoms with Crippen LogP contribution in [0.3, 0.4) is 0 Å². The number of rotatable bonds is 5. The number of thioether (sulfide) groups is 2. The van der Waals surface area contributed by atoms with E-state index in [1.54, 1.807) is 30.1 Å². The molecular formula is C11H11FN2S3. The summed E-state index contributed by atoms with van der Waals surface area (Å²) in [7, 11) is 0. The summed E-state index contributed by atoms with van der Waals surface area (Å²) in [6, 6.07) is 6.84. The number of hydrogen-bond acceptors (Lipinski definition) is 5. The van der Waals surface area contributed by atoms with Crippen molar-refractivity contribution in [1.29, 1.82) is 0 Å². The highest BCUT2D eigenvalue weighted by Gasteiger charge is 2.02. The van der Waals surface area contributed by atoms with Gasteiger partial charge in [0.2, 0.25) is 0 Å². The zero-order chi connectivity index (χ0) is 12.1. The Kier molecular flexibility index (Phi) is 4.70. The zero-order valence-electron chi connectivity index (χ0n) is 8.93. The Morgan fingerprint density at radius 3 is 2.71 bits per heavy atom. The van der Waals surface area contributed by atoms with Gasteiger partial charge >= 0.3 is 0 Å². The Morgan fingerprint density at radius 2 is 2.00 bits per heavy atom. The van der Waals surface area contributed by atoms with E-state index >= 15 is 0 Å². The lowest BCUT2D eigenvalue weighted by atomic mass is 10.3. The van der Waals surface area contributed by atoms with Gasteiger partial charge < -0.3 is 5.73 Å². The third-order valence-electron chi connectivity index (χ3n) is 1.92. The predicted molar refractivity (Wildman–Crippen MR) is 74.4 cm³/mol. The van der Waals surface area contributed by atoms with E-state index in [2.05, 4.69) is 4.98 Å². The first-order valence-corrected chi connectivity index (χ1v) is 7.76. The van der Waals surface area contributed by atoms with E-state index in [-0.39, 0.29) is 5.82 Å². The molecule has 0 spiro atoms. The van der Waals surface area contributed by atoms with Crippen molar-refractivity contribution in [2.24, 2.45) is 0 Å². The van der Waals surface area contributed by atoms with Crippen LogP contribution in [0.25, 0.3) is 0 Å². The molecule has 2 aromatic rings. The van der Waals surface area contributed by atoms with Gasteiger partial charge in [-0.1, -0.05) is 23.5 Å². The van der Waals surface area contributed by atoms with Crippen LogP contribution in [0.4, 0.5) is 9.52 Å². The molecule has 0 atom stereocenters. The molecule has 0 unspecified atom stereocenters. The zero-order valence-corrected chi connectivity index (χ0v) is 11.4. The third-order valence-corrected chi connectivity index (χ3v) is 5.26. The summed E-state index contributed by atoms with van der Waals surface area (Å²) in [5.74, 6) is 1.63. The first kappa shape index (κ1) is 12.7. The summed E-state index contributed by atoms with van der Waals surface area (Å²) in [4.78, 5) is 4.68. The Bertz CT molecular complexity index is 487. The molecule has 0 amide bonds. The molecule has 0 aliphatic carbocycles. The van der Waals surface area contributed by atoms with Gasteiger partial charge in [-0.3, -0.25) is 0 Å². The molecule has 2 rings (SSSR count). The highest BCUT2D eigenvalue weighted by Crippen LogP contribution is 2.28. The lowest BCUT2D eigenvalue weighted by Crippen LogP contribution is -1.85. The van der Waals surface area contributed by atoms with E-state index in [0.29, 0.717) is 10.0 Å². The predicted octanol–water partition coefficient (Wildman–Crippen LogP) is 3.75. The minimum Gasteiger partial charge on any atom is -0.375 e. The molecule has 0 saturated heterocycles. The lowest BCUT2D eigenvalue weighted by molar-refractivity contribution is 0.602. The van der Waals surface area contributed by atoms with Crippen LogP contribution < -0.4 is 5.73 Å². The third kappa shape index (κ3) is 3.90. The van der Waals surface area contributed by atoms with Crippen LogP contribution in [-0.4, -0.2) is 16.5 Å². The summed E-state index contributed by atoms with van der Waals surface area (Å²) < 4.78 is 14.4. The average molecular weight is 286 g/mol. The highest BCUT2D eigenvalue weighted by atomic mass is 32.2. The molecule has 0 aliphatic heterocycles. The van der Waals surface area contributed by atoms with Gasteiger partial charge in [-0.05, 0) is 12.1 Å². The summed E-state index contributed by atoms with van der Waals surface area (Å²) in [5.41, 5.74) is 5.53. The first-order chi connectivity index (χ1) is 8.25. The molecule has 0 saturated carbocycles. The first-order valence-electron chi connectivity index (χ1n) is 4.97. The molecule has 0 fully saturated rings. The summed E-state index contributed by atoms with van der Waals surface area (Å²) in [6.45, 7) is 0. The van der Waals surface area contributed by atoms with E-state index in [1.807, 2.05) is 6.07 Å². The minimum absolute atomic E-state index is 0.149. The molecule has 6 heteroatoms. The van der Waals surface area contributed by atoms with Gasteiger partial charge in [0.05, 0.1) is 10.4 Å². The largest absolute Gasteiger partial charge is 0.375 e. The second-order valence-corrected chi connectivity index (χ2v) is 6.74. The molecule has 2 N–H and O–H groups in total. The van der Waals surface area contributed by atoms with Gasteiger partial charge in [0.1, 0.15) is 5.82 Å². The molecule has 1 heterocycles. The Morgan fingerprint density at radius 1 is 1.24 bits per heavy atom. The van der Waals surface area contributed by atoms with E-state index < -0.39 is 0 Å². The molecule has 0 aliphatic rings. The van der Waals surface area contributed by atoms with Crippen LogP contribution in [0.1, 0.15) is 0 Å². The van der Waals surface area contributed by atoms with Crippen LogP contribution in [0, 0.1) is 5.82 Å². The second-order valence-electron chi connectivity index (χ2n) is 3.14. The van der Waals surface area contributed by atoms with Crippen molar-refractivity contribution in [3.63, 3.8) is 0 Å². The number of anilines is 1. The lowest BCUT2D eigenvalue weighted by Gasteiger charge is -2.01. The van der Waals surface area contributed by atoms with Crippen molar-refractivity contribution >= 4 is 40.0 Å². The molecule has 0 radical (unpaired) electrons. The van der Waals surface area contributed by atoms with Crippen molar-refractivity contribution in [1.82, 2.24) is 4.98 Å². The summed E-state index contributed by atoms with van der Waals surface area (Å²) in [5, 5.41) is 0.592. The Hall–Kier alpha value is -0.720. The van der Waals surface area contributed by atoms with Gasteiger partial charge in [-0.25, -0.2) is 9.37 Å². The second kappa shape index (κ2) is 6.28. The number of nitrogens with two attached hydrogens (primary N) is 1. The quantitative estimate of drug-likeness (QED) is 0.671. The van der Waals surface area contributed by atoms with Crippen LogP contribution in [-0.2, 0) is 0 Å². The fraction of sp³-hybridized carbons (Fsp3) is 0.182. The molecule has 1 aromatic heterocycles. The van der Waals surface area contributed by atoms with Crippen LogP contribution >= 0.6 is 34.9 Å². The average Bonchev–Trinajstić information content (AvgIpc) is 2.73. The van der Waals surface area contributed by atoms with E-state index in [0.717, 1.165) is 15.7 Å². The molecule has 2 nitrogen and oxygen atoms in total. The van der Waals surface area contributed by atoms with Crippen LogP contribution in [0.5, 0.6) is 0 Å². The number of nitrogens with zero attached hydrogens (tertiary/aromatic N) is 1. The Labute approximate surface area is 112 Å². The van der Waals surface area contributed by atoms with E-state index in [9.17, 15) is 4.39 Å². The van der Waals surface area contributed by atoms with Crippen molar-refractivity contribution in [3.8, 4) is 0 Å². The van der Waals surface area contributed by atoms with Crippen LogP contribution in [0.2, 0.25) is 0 Å². The maximum Gasteiger partial charge on any atom is 0.181 e. The number of benzene rings is 1. The van der Waals surface area contributed by atoms with Crippen molar-refractivity contribution < 1.29 is 4.39 Å². The number of aromatic nitrogens is 1. The minimum atomic E-state index is -0.149. The van der Waals surface area contributed by atoms with Crippen LogP contribution in [0.15, 0.2) is 39.6 Å². The standard InChI is InChI=1S/C11H11FN2S3/c12-8-3-1-2-4-9(8)15-5-6-16-10-7-14-11(13)17-10/h1-4,7H,5-6H2,(H2,13,14). The topological polar surface area (TPSA) is 38.9 Å². The van der Waals surface area contributed by atoms with Gasteiger partial charge in [-0.2, -0.15) is 0 Å². The summed E-state index contributed by atoms with van der Waals surface area (Å²) in [6.07, 6.45) is 1.78. The van der Waals surface area contributed by atoms with E-state index in [1.165, 1.54) is 29.2 Å². The number of hydrogen-bond donors (Lipinski definition) is 1. The van der Waals surface area contributed by atoms with Crippen molar-refractivity contribution in [3.05, 3.63) is 36.3 Å². The number of thiazole rings is 1. The molecular weight excluding hydrogens is 275 g/mol. The molecule has 17 heavy (non-hydrogen) atoms. The fourth-order valence-electron chi connectivity index (χ4n) is 1.19. The van der Waals surface area contributed by atoms with Gasteiger partial charge in [-0.15, -0.1) is 23.5 Å². The van der Waals surface area contributed by atoms with Crippen molar-refractivity contribution in [2.45, 2.75) is 9.10 Å². The maximum absolute atomic E-state index is 13.3. The maximum atomic E-state index is 13.3. The molecule has 90 valence electrons. The monoisotopic (exact) mass is 286 g/mol. The normalized spacial score (nSPS) is 10.6. The number of nitrogen functional groups attached to an aromatic ring is 1. The molecule has 1 aromatic carbocycles. The Balaban J connectivity index is 1.75. The van der Waals surface area contributed by atoms with Crippen molar-refractivity contribution in [2.75, 3.05) is 17.2 Å². The van der Waals surface area contributed by atoms with Gasteiger partial charge in [0.15, 0.2) is 5.13 Å². The van der Waals surface area contributed by atoms with Gasteiger partial charge in [0, 0.05) is 16.4 Å². The smallest absolute Gasteiger partial charge is 0.181 e. The fourth-order valence-corrected chi connectivity index (χ4v) is 3.95. The summed E-state index contributed by atoms with van der Waals surface area (Å²) >= 11 is 4.71. The molecule has 0 bridgehead atoms. The highest BCUT2D eigenvalue weighted by molar-refractivity contribution is 8.04. The number of halogens is 1. The van der Waals surface area contributed by atoms with E-state index in [4.69, 9.17) is 5.73 Å².